The average molecular weight is 294 g/mol. The zero-order valence-electron chi connectivity index (χ0n) is 13.6. The van der Waals surface area contributed by atoms with Gasteiger partial charge in [-0.15, -0.1) is 0 Å². The SMILES string of the molecule is CCCNC(CCC1CCCO1)Cc1ncnn1CCC. The summed E-state index contributed by atoms with van der Waals surface area (Å²) in [6.45, 7) is 7.36. The zero-order chi connectivity index (χ0) is 14.9. The van der Waals surface area contributed by atoms with E-state index >= 15 is 0 Å². The second kappa shape index (κ2) is 9.15. The van der Waals surface area contributed by atoms with Crippen LogP contribution in [0.25, 0.3) is 0 Å². The van der Waals surface area contributed by atoms with Crippen molar-refractivity contribution in [2.24, 2.45) is 0 Å². The summed E-state index contributed by atoms with van der Waals surface area (Å²) in [6, 6.07) is 0.481. The van der Waals surface area contributed by atoms with Crippen molar-refractivity contribution in [1.82, 2.24) is 20.1 Å². The topological polar surface area (TPSA) is 52.0 Å². The fraction of sp³-hybridized carbons (Fsp3) is 0.875. The molecule has 5 nitrogen and oxygen atoms in total. The molecule has 120 valence electrons. The lowest BCUT2D eigenvalue weighted by Gasteiger charge is -2.20. The summed E-state index contributed by atoms with van der Waals surface area (Å²) >= 11 is 0. The molecule has 1 saturated heterocycles. The minimum Gasteiger partial charge on any atom is -0.378 e. The molecule has 0 radical (unpaired) electrons. The van der Waals surface area contributed by atoms with Crippen molar-refractivity contribution in [3.8, 4) is 0 Å². The maximum Gasteiger partial charge on any atom is 0.138 e. The monoisotopic (exact) mass is 294 g/mol. The Morgan fingerprint density at radius 2 is 2.33 bits per heavy atom. The first-order chi connectivity index (χ1) is 10.3. The van der Waals surface area contributed by atoms with Crippen LogP contribution < -0.4 is 5.32 Å². The highest BCUT2D eigenvalue weighted by Gasteiger charge is 2.19. The Kier molecular flexibility index (Phi) is 7.16. The van der Waals surface area contributed by atoms with Crippen LogP contribution in [0.1, 0.15) is 58.2 Å². The third-order valence-electron chi connectivity index (χ3n) is 4.10. The standard InChI is InChI=1S/C16H30N4O/c1-3-9-17-14(7-8-15-6-5-11-21-15)12-16-18-13-19-20(16)10-4-2/h13-15,17H,3-12H2,1-2H3. The number of hydrogen-bond acceptors (Lipinski definition) is 4. The third kappa shape index (κ3) is 5.40. The first-order valence-electron chi connectivity index (χ1n) is 8.55. The smallest absolute Gasteiger partial charge is 0.138 e. The summed E-state index contributed by atoms with van der Waals surface area (Å²) in [7, 11) is 0. The Labute approximate surface area is 128 Å². The number of rotatable bonds is 10. The van der Waals surface area contributed by atoms with Crippen LogP contribution in [0, 0.1) is 0 Å². The van der Waals surface area contributed by atoms with Crippen molar-refractivity contribution < 1.29 is 4.74 Å². The van der Waals surface area contributed by atoms with Crippen LogP contribution in [0.2, 0.25) is 0 Å². The summed E-state index contributed by atoms with van der Waals surface area (Å²) in [6.07, 6.45) is 10.2. The van der Waals surface area contributed by atoms with Crippen LogP contribution in [0.4, 0.5) is 0 Å². The predicted molar refractivity (Wildman–Crippen MR) is 84.3 cm³/mol. The van der Waals surface area contributed by atoms with Gasteiger partial charge in [-0.1, -0.05) is 13.8 Å². The summed E-state index contributed by atoms with van der Waals surface area (Å²) in [5.41, 5.74) is 0. The molecule has 0 amide bonds. The van der Waals surface area contributed by atoms with Crippen LogP contribution in [0.15, 0.2) is 6.33 Å². The van der Waals surface area contributed by atoms with E-state index in [-0.39, 0.29) is 0 Å². The molecule has 2 rings (SSSR count). The molecule has 1 aliphatic rings. The second-order valence-electron chi connectivity index (χ2n) is 5.97. The highest BCUT2D eigenvalue weighted by Crippen LogP contribution is 2.18. The van der Waals surface area contributed by atoms with Crippen LogP contribution >= 0.6 is 0 Å². The molecular formula is C16H30N4O. The molecule has 2 atom stereocenters. The number of hydrogen-bond donors (Lipinski definition) is 1. The lowest BCUT2D eigenvalue weighted by Crippen LogP contribution is -2.33. The van der Waals surface area contributed by atoms with Crippen molar-refractivity contribution in [2.75, 3.05) is 13.2 Å². The van der Waals surface area contributed by atoms with Crippen molar-refractivity contribution in [2.45, 2.75) is 77.5 Å². The van der Waals surface area contributed by atoms with Gasteiger partial charge in [0.15, 0.2) is 0 Å². The summed E-state index contributed by atoms with van der Waals surface area (Å²) in [5.74, 6) is 1.11. The highest BCUT2D eigenvalue weighted by atomic mass is 16.5. The van der Waals surface area contributed by atoms with E-state index in [4.69, 9.17) is 4.74 Å². The molecule has 5 heteroatoms. The Morgan fingerprint density at radius 3 is 3.05 bits per heavy atom. The first kappa shape index (κ1) is 16.4. The van der Waals surface area contributed by atoms with E-state index in [2.05, 4.69) is 29.2 Å². The van der Waals surface area contributed by atoms with Gasteiger partial charge in [0.1, 0.15) is 12.2 Å². The fourth-order valence-corrected chi connectivity index (χ4v) is 2.95. The van der Waals surface area contributed by atoms with Gasteiger partial charge in [0.25, 0.3) is 0 Å². The maximum absolute atomic E-state index is 5.74. The molecule has 1 aliphatic heterocycles. The van der Waals surface area contributed by atoms with E-state index in [1.165, 1.54) is 12.8 Å². The summed E-state index contributed by atoms with van der Waals surface area (Å²) in [4.78, 5) is 4.44. The average Bonchev–Trinajstić information content (AvgIpc) is 3.14. The summed E-state index contributed by atoms with van der Waals surface area (Å²) in [5, 5.41) is 7.99. The molecule has 0 saturated carbocycles. The molecule has 0 bridgehead atoms. The number of ether oxygens (including phenoxy) is 1. The molecule has 1 fully saturated rings. The van der Waals surface area contributed by atoms with Gasteiger partial charge >= 0.3 is 0 Å². The molecule has 2 unspecified atom stereocenters. The second-order valence-corrected chi connectivity index (χ2v) is 5.97. The predicted octanol–water partition coefficient (Wildman–Crippen LogP) is 2.56. The number of nitrogens with zero attached hydrogens (tertiary/aromatic N) is 3. The third-order valence-corrected chi connectivity index (χ3v) is 4.10. The van der Waals surface area contributed by atoms with E-state index in [1.807, 2.05) is 4.68 Å². The van der Waals surface area contributed by atoms with E-state index in [0.717, 1.165) is 57.6 Å². The largest absolute Gasteiger partial charge is 0.378 e. The highest BCUT2D eigenvalue weighted by molar-refractivity contribution is 4.90. The molecule has 21 heavy (non-hydrogen) atoms. The van der Waals surface area contributed by atoms with Gasteiger partial charge in [-0.25, -0.2) is 4.98 Å². The molecule has 2 heterocycles. The molecule has 0 aliphatic carbocycles. The quantitative estimate of drug-likeness (QED) is 0.720. The molecule has 1 N–H and O–H groups in total. The molecule has 0 spiro atoms. The molecule has 1 aromatic heterocycles. The van der Waals surface area contributed by atoms with Gasteiger partial charge in [-0.05, 0) is 45.1 Å². The molecular weight excluding hydrogens is 264 g/mol. The van der Waals surface area contributed by atoms with Crippen LogP contribution in [0.3, 0.4) is 0 Å². The lowest BCUT2D eigenvalue weighted by molar-refractivity contribution is 0.0994. The van der Waals surface area contributed by atoms with Crippen LogP contribution in [0.5, 0.6) is 0 Å². The van der Waals surface area contributed by atoms with E-state index in [0.29, 0.717) is 12.1 Å². The number of aryl methyl sites for hydroxylation is 1. The van der Waals surface area contributed by atoms with E-state index in [9.17, 15) is 0 Å². The normalized spacial score (nSPS) is 20.0. The van der Waals surface area contributed by atoms with Crippen molar-refractivity contribution in [3.05, 3.63) is 12.2 Å². The van der Waals surface area contributed by atoms with Crippen molar-refractivity contribution in [3.63, 3.8) is 0 Å². The van der Waals surface area contributed by atoms with Gasteiger partial charge in [0.2, 0.25) is 0 Å². The van der Waals surface area contributed by atoms with Crippen LogP contribution in [-0.2, 0) is 17.7 Å². The Balaban J connectivity index is 1.86. The van der Waals surface area contributed by atoms with E-state index < -0.39 is 0 Å². The molecule has 1 aromatic rings. The van der Waals surface area contributed by atoms with Gasteiger partial charge in [-0.3, -0.25) is 4.68 Å². The van der Waals surface area contributed by atoms with Gasteiger partial charge in [-0.2, -0.15) is 5.10 Å². The van der Waals surface area contributed by atoms with Crippen molar-refractivity contribution >= 4 is 0 Å². The minimum atomic E-state index is 0.476. The Hall–Kier alpha value is -0.940. The minimum absolute atomic E-state index is 0.476. The van der Waals surface area contributed by atoms with Gasteiger partial charge in [0.05, 0.1) is 6.10 Å². The van der Waals surface area contributed by atoms with Gasteiger partial charge < -0.3 is 10.1 Å². The maximum atomic E-state index is 5.74. The van der Waals surface area contributed by atoms with Crippen LogP contribution in [-0.4, -0.2) is 40.1 Å². The first-order valence-corrected chi connectivity index (χ1v) is 8.55. The van der Waals surface area contributed by atoms with Gasteiger partial charge in [0, 0.05) is 25.6 Å². The zero-order valence-corrected chi connectivity index (χ0v) is 13.6. The summed E-state index contributed by atoms with van der Waals surface area (Å²) < 4.78 is 7.79. The Bertz CT molecular complexity index is 387. The number of aromatic nitrogens is 3. The fourth-order valence-electron chi connectivity index (χ4n) is 2.95. The van der Waals surface area contributed by atoms with E-state index in [1.54, 1.807) is 6.33 Å². The van der Waals surface area contributed by atoms with Crippen molar-refractivity contribution in [1.29, 1.82) is 0 Å². The molecule has 0 aromatic carbocycles. The Morgan fingerprint density at radius 1 is 1.43 bits per heavy atom. The lowest BCUT2D eigenvalue weighted by atomic mass is 10.0. The number of nitrogens with one attached hydrogen (secondary N) is 1.